The Morgan fingerprint density at radius 3 is 2.78 bits per heavy atom. The highest BCUT2D eigenvalue weighted by Crippen LogP contribution is 2.20. The summed E-state index contributed by atoms with van der Waals surface area (Å²) in [4.78, 5) is 0. The lowest BCUT2D eigenvalue weighted by Gasteiger charge is -2.15. The molecule has 0 bridgehead atoms. The van der Waals surface area contributed by atoms with Crippen molar-refractivity contribution in [2.45, 2.75) is 13.0 Å². The fourth-order valence-electron chi connectivity index (χ4n) is 1.57. The molecule has 0 aliphatic carbocycles. The second kappa shape index (κ2) is 8.02. The fraction of sp³-hybridized carbons (Fsp3) is 0.538. The second-order valence-electron chi connectivity index (χ2n) is 3.99. The van der Waals surface area contributed by atoms with Gasteiger partial charge in [-0.1, -0.05) is 6.07 Å². The van der Waals surface area contributed by atoms with Crippen LogP contribution in [0, 0.1) is 5.82 Å². The minimum absolute atomic E-state index is 0.0636. The zero-order valence-corrected chi connectivity index (χ0v) is 10.8. The largest absolute Gasteiger partial charge is 0.508 e. The summed E-state index contributed by atoms with van der Waals surface area (Å²) in [7, 11) is 1.62. The van der Waals surface area contributed by atoms with Crippen LogP contribution in [0.2, 0.25) is 0 Å². The molecule has 1 aromatic carbocycles. The highest BCUT2D eigenvalue weighted by Gasteiger charge is 2.10. The summed E-state index contributed by atoms with van der Waals surface area (Å²) in [6, 6.07) is 4.04. The van der Waals surface area contributed by atoms with Gasteiger partial charge in [-0.2, -0.15) is 0 Å². The van der Waals surface area contributed by atoms with Crippen molar-refractivity contribution in [3.05, 3.63) is 29.6 Å². The van der Waals surface area contributed by atoms with E-state index in [0.717, 1.165) is 6.07 Å². The van der Waals surface area contributed by atoms with Crippen molar-refractivity contribution >= 4 is 0 Å². The third kappa shape index (κ3) is 5.00. The number of hydrogen-bond acceptors (Lipinski definition) is 4. The van der Waals surface area contributed by atoms with Gasteiger partial charge in [0.05, 0.1) is 19.8 Å². The number of aromatic hydroxyl groups is 1. The van der Waals surface area contributed by atoms with E-state index < -0.39 is 5.82 Å². The van der Waals surface area contributed by atoms with Crippen LogP contribution in [0.3, 0.4) is 0 Å². The summed E-state index contributed by atoms with van der Waals surface area (Å²) in [5.41, 5.74) is 0.532. The van der Waals surface area contributed by atoms with Gasteiger partial charge >= 0.3 is 0 Å². The molecule has 0 aliphatic rings. The van der Waals surface area contributed by atoms with E-state index in [4.69, 9.17) is 14.6 Å². The number of phenolic OH excluding ortho intramolecular Hbond substituents is 1. The van der Waals surface area contributed by atoms with Gasteiger partial charge in [-0.3, -0.25) is 0 Å². The Balaban J connectivity index is 2.29. The lowest BCUT2D eigenvalue weighted by molar-refractivity contribution is 0.0712. The first kappa shape index (κ1) is 14.9. The van der Waals surface area contributed by atoms with Crippen LogP contribution in [-0.2, 0) is 9.47 Å². The number of benzene rings is 1. The first-order valence-electron chi connectivity index (χ1n) is 5.93. The Kier molecular flexibility index (Phi) is 6.64. The molecule has 0 saturated carbocycles. The van der Waals surface area contributed by atoms with E-state index in [1.165, 1.54) is 6.07 Å². The number of methoxy groups -OCH3 is 1. The fourth-order valence-corrected chi connectivity index (χ4v) is 1.57. The Bertz CT molecular complexity index is 360. The lowest BCUT2D eigenvalue weighted by Crippen LogP contribution is -2.24. The molecule has 1 unspecified atom stereocenters. The van der Waals surface area contributed by atoms with Crippen molar-refractivity contribution < 1.29 is 19.0 Å². The van der Waals surface area contributed by atoms with E-state index in [-0.39, 0.29) is 11.8 Å². The molecule has 1 atom stereocenters. The molecule has 4 nitrogen and oxygen atoms in total. The van der Waals surface area contributed by atoms with Gasteiger partial charge in [0.15, 0.2) is 0 Å². The van der Waals surface area contributed by atoms with Crippen LogP contribution in [0.15, 0.2) is 18.2 Å². The Labute approximate surface area is 107 Å². The summed E-state index contributed by atoms with van der Waals surface area (Å²) >= 11 is 0. The molecule has 0 spiro atoms. The molecule has 0 heterocycles. The van der Waals surface area contributed by atoms with Crippen molar-refractivity contribution in [3.63, 3.8) is 0 Å². The van der Waals surface area contributed by atoms with Gasteiger partial charge in [0.25, 0.3) is 0 Å². The molecule has 1 aromatic rings. The van der Waals surface area contributed by atoms with Gasteiger partial charge in [-0.05, 0) is 13.0 Å². The van der Waals surface area contributed by atoms with Crippen molar-refractivity contribution in [2.75, 3.05) is 33.5 Å². The first-order valence-corrected chi connectivity index (χ1v) is 5.93. The summed E-state index contributed by atoms with van der Waals surface area (Å²) in [6.45, 7) is 4.17. The van der Waals surface area contributed by atoms with E-state index in [2.05, 4.69) is 5.32 Å². The van der Waals surface area contributed by atoms with E-state index >= 15 is 0 Å². The predicted octanol–water partition coefficient (Wildman–Crippen LogP) is 1.84. The van der Waals surface area contributed by atoms with Gasteiger partial charge in [0.1, 0.15) is 11.6 Å². The minimum atomic E-state index is -0.407. The zero-order valence-electron chi connectivity index (χ0n) is 10.8. The Morgan fingerprint density at radius 1 is 1.33 bits per heavy atom. The van der Waals surface area contributed by atoms with Crippen molar-refractivity contribution in [1.29, 1.82) is 0 Å². The Morgan fingerprint density at radius 2 is 2.11 bits per heavy atom. The maximum Gasteiger partial charge on any atom is 0.131 e. The maximum absolute atomic E-state index is 13.5. The van der Waals surface area contributed by atoms with Gasteiger partial charge in [0.2, 0.25) is 0 Å². The third-order valence-electron chi connectivity index (χ3n) is 2.58. The maximum atomic E-state index is 13.5. The summed E-state index contributed by atoms with van der Waals surface area (Å²) in [5, 5.41) is 12.3. The predicted molar refractivity (Wildman–Crippen MR) is 67.2 cm³/mol. The molecule has 0 radical (unpaired) electrons. The van der Waals surface area contributed by atoms with E-state index in [1.54, 1.807) is 13.2 Å². The van der Waals surface area contributed by atoms with Crippen LogP contribution < -0.4 is 5.32 Å². The van der Waals surface area contributed by atoms with Gasteiger partial charge in [-0.15, -0.1) is 0 Å². The number of hydrogen-bond donors (Lipinski definition) is 2. The minimum Gasteiger partial charge on any atom is -0.508 e. The topological polar surface area (TPSA) is 50.7 Å². The van der Waals surface area contributed by atoms with Crippen LogP contribution >= 0.6 is 0 Å². The molecule has 0 amide bonds. The normalized spacial score (nSPS) is 12.6. The highest BCUT2D eigenvalue weighted by atomic mass is 19.1. The van der Waals surface area contributed by atoms with Crippen molar-refractivity contribution in [3.8, 4) is 5.75 Å². The molecule has 102 valence electrons. The van der Waals surface area contributed by atoms with E-state index in [0.29, 0.717) is 31.9 Å². The molecule has 0 aromatic heterocycles. The van der Waals surface area contributed by atoms with Crippen LogP contribution in [0.5, 0.6) is 5.75 Å². The standard InChI is InChI=1S/C13H20FNO3/c1-10(15-5-6-18-8-7-17-2)12-4-3-11(16)9-13(12)14/h3-4,9-10,15-16H,5-8H2,1-2H3. The van der Waals surface area contributed by atoms with Crippen LogP contribution in [0.25, 0.3) is 0 Å². The highest BCUT2D eigenvalue weighted by molar-refractivity contribution is 5.29. The average molecular weight is 257 g/mol. The molecule has 0 saturated heterocycles. The number of nitrogens with one attached hydrogen (secondary N) is 1. The van der Waals surface area contributed by atoms with Crippen molar-refractivity contribution in [2.24, 2.45) is 0 Å². The van der Waals surface area contributed by atoms with E-state index in [1.807, 2.05) is 6.92 Å². The molecule has 0 fully saturated rings. The molecule has 2 N–H and O–H groups in total. The molecule has 5 heteroatoms. The summed E-state index contributed by atoms with van der Waals surface area (Å²) in [5.74, 6) is -0.471. The first-order chi connectivity index (χ1) is 8.65. The molecule has 1 rings (SSSR count). The second-order valence-corrected chi connectivity index (χ2v) is 3.99. The number of phenols is 1. The average Bonchev–Trinajstić information content (AvgIpc) is 2.33. The quantitative estimate of drug-likeness (QED) is 0.698. The number of ether oxygens (including phenoxy) is 2. The number of rotatable bonds is 8. The number of halogens is 1. The molecular formula is C13H20FNO3. The van der Waals surface area contributed by atoms with Crippen LogP contribution in [-0.4, -0.2) is 38.6 Å². The lowest BCUT2D eigenvalue weighted by atomic mass is 10.1. The van der Waals surface area contributed by atoms with Crippen molar-refractivity contribution in [1.82, 2.24) is 5.32 Å². The van der Waals surface area contributed by atoms with Gasteiger partial charge < -0.3 is 19.9 Å². The van der Waals surface area contributed by atoms with Crippen LogP contribution in [0.1, 0.15) is 18.5 Å². The van der Waals surface area contributed by atoms with E-state index in [9.17, 15) is 4.39 Å². The third-order valence-corrected chi connectivity index (χ3v) is 2.58. The SMILES string of the molecule is COCCOCCNC(C)c1ccc(O)cc1F. The Hall–Kier alpha value is -1.17. The summed E-state index contributed by atoms with van der Waals surface area (Å²) in [6.07, 6.45) is 0. The van der Waals surface area contributed by atoms with Gasteiger partial charge in [-0.25, -0.2) is 4.39 Å². The van der Waals surface area contributed by atoms with Gasteiger partial charge in [0, 0.05) is 31.3 Å². The van der Waals surface area contributed by atoms with Crippen LogP contribution in [0.4, 0.5) is 4.39 Å². The monoisotopic (exact) mass is 257 g/mol. The molecule has 18 heavy (non-hydrogen) atoms. The summed E-state index contributed by atoms with van der Waals surface area (Å²) < 4.78 is 23.7. The zero-order chi connectivity index (χ0) is 13.4. The smallest absolute Gasteiger partial charge is 0.131 e. The molecular weight excluding hydrogens is 237 g/mol. The molecule has 0 aliphatic heterocycles.